The number of fused-ring (bicyclic) bond motifs is 5. The number of aryl methyl sites for hydroxylation is 2. The number of benzene rings is 2. The Morgan fingerprint density at radius 1 is 0.671 bits per heavy atom. The van der Waals surface area contributed by atoms with Gasteiger partial charge in [-0.2, -0.15) is 9.97 Å². The number of allylic oxidation sites excluding steroid dienone is 12. The van der Waals surface area contributed by atoms with Crippen LogP contribution in [0, 0.1) is 13.8 Å². The number of nitrogens with zero attached hydrogens (tertiary/aromatic N) is 10. The lowest BCUT2D eigenvalue weighted by Gasteiger charge is -2.32. The summed E-state index contributed by atoms with van der Waals surface area (Å²) in [5.74, 6) is 2.20. The smallest absolute Gasteiger partial charge is 0.228 e. The maximum atomic E-state index is 6.37. The number of aromatic nitrogens is 6. The van der Waals surface area contributed by atoms with Gasteiger partial charge in [-0.1, -0.05) is 72.1 Å². The van der Waals surface area contributed by atoms with E-state index < -0.39 is 0 Å². The quantitative estimate of drug-likeness (QED) is 0.130. The van der Waals surface area contributed by atoms with Gasteiger partial charge in [-0.05, 0) is 171 Å². The van der Waals surface area contributed by atoms with Crippen LogP contribution in [-0.4, -0.2) is 47.6 Å². The third-order valence-corrected chi connectivity index (χ3v) is 15.9. The summed E-state index contributed by atoms with van der Waals surface area (Å²) in [4.78, 5) is 41.9. The summed E-state index contributed by atoms with van der Waals surface area (Å²) in [6.07, 6.45) is 38.9. The molecule has 0 saturated carbocycles. The molecule has 0 fully saturated rings. The van der Waals surface area contributed by atoms with Gasteiger partial charge in [0.05, 0.1) is 57.0 Å². The number of hydrogen-bond acceptors (Lipinski definition) is 11. The van der Waals surface area contributed by atoms with E-state index in [4.69, 9.17) is 43.7 Å². The molecule has 3 aliphatic carbocycles. The van der Waals surface area contributed by atoms with Crippen LogP contribution in [0.3, 0.4) is 0 Å². The Balaban J connectivity index is 0.719. The standard InChI is InChI=1S/C73H50N10O2/c1-44-14-5-6-19-56(44)57-20-13-33-75-71(57)64-22-8-7-21-61(79-64)50-17-10-25-65-59(39-50)60-41-77-46(3)26-30-67(60)83(65)69-43-85-72(81-69)52-18-9-16-48-35-53(28-27-49(48)36-52)73-80-68(42-84-73)82-55-34-47(4)76-40-54(37-55)58-38-51(29-31-66(58)82)62-23-11-24-63(78-62)70-45(2)15-12-32-74-70/h5-6,8,10-16,18-25,27-36,39-43,51H,17,38H2,1-4H3/t51-/m1/s1. The third-order valence-electron chi connectivity index (χ3n) is 15.9. The molecule has 2 bridgehead atoms. The second kappa shape index (κ2) is 20.9. The van der Waals surface area contributed by atoms with E-state index in [2.05, 4.69) is 148 Å². The maximum absolute atomic E-state index is 6.37. The van der Waals surface area contributed by atoms with Crippen LogP contribution in [0.4, 0.5) is 5.82 Å². The highest BCUT2D eigenvalue weighted by atomic mass is 16.3. The molecule has 0 radical (unpaired) electrons. The van der Waals surface area contributed by atoms with E-state index in [0.29, 0.717) is 36.3 Å². The molecule has 0 spiro atoms. The Hall–Kier alpha value is -11.3. The van der Waals surface area contributed by atoms with E-state index in [1.54, 1.807) is 12.5 Å². The first-order valence-corrected chi connectivity index (χ1v) is 28.2. The molecule has 4 aliphatic heterocycles. The van der Waals surface area contributed by atoms with Crippen LogP contribution < -0.4 is 4.90 Å². The minimum Gasteiger partial charge on any atom is -0.442 e. The SMILES string of the molecule is CC1=C=Cc2c(c3c(n2-c2coc(C4=Cc5ccc(-c6nc(N7C8=C=C(C=NC(C)=C8)C8=C7C=C[C@@H](c7cccc(-c9ncccc9C)n7)C8)co6)cc5C=C=C4)n2)C=CCC(C2=NC(c4ncccc4-c4ccccc4C)=CC=C=C2)=C3)C=N1. The van der Waals surface area contributed by atoms with Crippen molar-refractivity contribution in [3.63, 3.8) is 0 Å². The molecular weight excluding hydrogens is 1050 g/mol. The summed E-state index contributed by atoms with van der Waals surface area (Å²) in [5.41, 5.74) is 36.9. The Bertz CT molecular complexity index is 4880. The summed E-state index contributed by atoms with van der Waals surface area (Å²) in [7, 11) is 0. The minimum absolute atomic E-state index is 0.0277. The largest absolute Gasteiger partial charge is 0.442 e. The highest BCUT2D eigenvalue weighted by Gasteiger charge is 2.32. The highest BCUT2D eigenvalue weighted by Crippen LogP contribution is 2.43. The molecule has 15 rings (SSSR count). The van der Waals surface area contributed by atoms with E-state index in [1.807, 2.05) is 105 Å². The Morgan fingerprint density at radius 2 is 1.52 bits per heavy atom. The summed E-state index contributed by atoms with van der Waals surface area (Å²) >= 11 is 0. The van der Waals surface area contributed by atoms with Gasteiger partial charge in [0.25, 0.3) is 0 Å². The van der Waals surface area contributed by atoms with Crippen molar-refractivity contribution in [3.8, 4) is 39.8 Å². The number of pyridine rings is 3. The van der Waals surface area contributed by atoms with Gasteiger partial charge in [0.15, 0.2) is 11.6 Å². The molecule has 2 aromatic carbocycles. The van der Waals surface area contributed by atoms with Crippen molar-refractivity contribution in [2.75, 3.05) is 4.90 Å². The zero-order valence-electron chi connectivity index (χ0n) is 46.8. The van der Waals surface area contributed by atoms with Gasteiger partial charge < -0.3 is 8.83 Å². The highest BCUT2D eigenvalue weighted by molar-refractivity contribution is 6.15. The summed E-state index contributed by atoms with van der Waals surface area (Å²) in [6.45, 7) is 8.12. The molecule has 85 heavy (non-hydrogen) atoms. The molecule has 0 saturated heterocycles. The topological polar surface area (TPSA) is 136 Å². The van der Waals surface area contributed by atoms with Crippen LogP contribution >= 0.6 is 0 Å². The van der Waals surface area contributed by atoms with Gasteiger partial charge in [0.1, 0.15) is 12.5 Å². The molecule has 0 amide bonds. The molecular formula is C73H50N10O2. The number of anilines is 1. The molecule has 12 nitrogen and oxygen atoms in total. The van der Waals surface area contributed by atoms with E-state index in [0.717, 1.165) is 135 Å². The van der Waals surface area contributed by atoms with Crippen molar-refractivity contribution < 1.29 is 8.83 Å². The van der Waals surface area contributed by atoms with Crippen molar-refractivity contribution in [1.29, 1.82) is 0 Å². The van der Waals surface area contributed by atoms with Crippen LogP contribution in [0.2, 0.25) is 0 Å². The van der Waals surface area contributed by atoms with Gasteiger partial charge in [-0.25, -0.2) is 4.99 Å². The molecule has 10 heterocycles. The predicted octanol–water partition coefficient (Wildman–Crippen LogP) is 16.1. The molecule has 0 N–H and O–H groups in total. The Kier molecular flexibility index (Phi) is 12.4. The van der Waals surface area contributed by atoms with Gasteiger partial charge in [-0.3, -0.25) is 34.4 Å². The van der Waals surface area contributed by atoms with Crippen molar-refractivity contribution >= 4 is 65.6 Å². The van der Waals surface area contributed by atoms with E-state index >= 15 is 0 Å². The van der Waals surface area contributed by atoms with Crippen LogP contribution in [0.1, 0.15) is 94.7 Å². The second-order valence-corrected chi connectivity index (χ2v) is 21.5. The zero-order chi connectivity index (χ0) is 57.1. The molecule has 8 aromatic rings. The summed E-state index contributed by atoms with van der Waals surface area (Å²) in [6, 6.07) is 28.8. The van der Waals surface area contributed by atoms with E-state index in [-0.39, 0.29) is 5.92 Å². The maximum Gasteiger partial charge on any atom is 0.228 e. The fourth-order valence-electron chi connectivity index (χ4n) is 11.7. The molecule has 1 atom stereocenters. The average molecular weight is 1100 g/mol. The molecule has 404 valence electrons. The molecule has 6 aromatic heterocycles. The first-order chi connectivity index (χ1) is 41.7. The van der Waals surface area contributed by atoms with Gasteiger partial charge in [-0.15, -0.1) is 11.5 Å². The van der Waals surface area contributed by atoms with Crippen molar-refractivity contribution in [1.82, 2.24) is 29.5 Å². The van der Waals surface area contributed by atoms with E-state index in [9.17, 15) is 0 Å². The summed E-state index contributed by atoms with van der Waals surface area (Å²) in [5, 5.41) is 0. The van der Waals surface area contributed by atoms with Crippen molar-refractivity contribution in [2.24, 2.45) is 15.0 Å². The lowest BCUT2D eigenvalue weighted by atomic mass is 9.84. The summed E-state index contributed by atoms with van der Waals surface area (Å²) < 4.78 is 14.8. The minimum atomic E-state index is 0.0277. The number of hydrogen-bond donors (Lipinski definition) is 0. The number of aliphatic imine (C=N–C) groups is 3. The first-order valence-electron chi connectivity index (χ1n) is 28.2. The van der Waals surface area contributed by atoms with Gasteiger partial charge >= 0.3 is 0 Å². The first kappa shape index (κ1) is 50.6. The number of oxazole rings is 2. The van der Waals surface area contributed by atoms with Crippen molar-refractivity contribution in [2.45, 2.75) is 46.5 Å². The van der Waals surface area contributed by atoms with Crippen LogP contribution in [0.25, 0.3) is 81.4 Å². The fraction of sp³-hybridized carbons (Fsp3) is 0.0959. The second-order valence-electron chi connectivity index (χ2n) is 21.5. The predicted molar refractivity (Wildman–Crippen MR) is 338 cm³/mol. The lowest BCUT2D eigenvalue weighted by molar-refractivity contribution is 0.543. The average Bonchev–Trinajstić information content (AvgIpc) is 2.01. The normalized spacial score (nSPS) is 17.0. The van der Waals surface area contributed by atoms with Gasteiger partial charge in [0.2, 0.25) is 11.8 Å². The van der Waals surface area contributed by atoms with Crippen LogP contribution in [0.5, 0.6) is 0 Å². The third kappa shape index (κ3) is 9.29. The monoisotopic (exact) mass is 1100 g/mol. The number of rotatable bonds is 9. The van der Waals surface area contributed by atoms with Gasteiger partial charge in [0, 0.05) is 87.7 Å². The Labute approximate surface area is 490 Å². The molecule has 0 unspecified atom stereocenters. The fourth-order valence-corrected chi connectivity index (χ4v) is 11.7. The lowest BCUT2D eigenvalue weighted by Crippen LogP contribution is -2.26. The zero-order valence-corrected chi connectivity index (χ0v) is 46.8. The van der Waals surface area contributed by atoms with Crippen molar-refractivity contribution in [3.05, 3.63) is 283 Å². The molecule has 12 heteroatoms. The van der Waals surface area contributed by atoms with Crippen LogP contribution in [-0.2, 0) is 0 Å². The molecule has 7 aliphatic rings. The van der Waals surface area contributed by atoms with Crippen LogP contribution in [0.15, 0.2) is 245 Å². The Morgan fingerprint density at radius 3 is 2.44 bits per heavy atom. The van der Waals surface area contributed by atoms with E-state index in [1.165, 1.54) is 5.56 Å².